The third kappa shape index (κ3) is 7.88. The van der Waals surface area contributed by atoms with Gasteiger partial charge >= 0.3 is 11.9 Å². The first kappa shape index (κ1) is 30.7. The normalized spacial score (nSPS) is 11.3. The number of carboxylic acid groups (broad SMARTS) is 2. The predicted octanol–water partition coefficient (Wildman–Crippen LogP) is 5.54. The molecule has 0 spiro atoms. The van der Waals surface area contributed by atoms with Crippen molar-refractivity contribution >= 4 is 23.3 Å². The van der Waals surface area contributed by atoms with Crippen molar-refractivity contribution in [1.82, 2.24) is 0 Å². The van der Waals surface area contributed by atoms with Gasteiger partial charge in [-0.25, -0.2) is 4.79 Å². The Morgan fingerprint density at radius 2 is 1.39 bits per heavy atom. The summed E-state index contributed by atoms with van der Waals surface area (Å²) >= 11 is 0. The van der Waals surface area contributed by atoms with Crippen molar-refractivity contribution in [3.63, 3.8) is 0 Å². The Labute approximate surface area is 238 Å². The van der Waals surface area contributed by atoms with E-state index >= 15 is 0 Å². The molecular weight excluding hydrogens is 528 g/mol. The van der Waals surface area contributed by atoms with Crippen molar-refractivity contribution in [3.8, 4) is 23.0 Å². The van der Waals surface area contributed by atoms with Crippen molar-refractivity contribution in [2.75, 3.05) is 27.9 Å². The van der Waals surface area contributed by atoms with Crippen LogP contribution in [-0.2, 0) is 16.0 Å². The van der Waals surface area contributed by atoms with E-state index in [1.807, 2.05) is 19.9 Å². The molecule has 0 heterocycles. The molecule has 3 aromatic rings. The van der Waals surface area contributed by atoms with Crippen molar-refractivity contribution in [2.24, 2.45) is 0 Å². The number of Topliss-reactive ketones (excluding diaryl/α,β-unsaturated/α-hetero) is 1. The Hall–Kier alpha value is -4.79. The van der Waals surface area contributed by atoms with Gasteiger partial charge in [0, 0.05) is 24.0 Å². The van der Waals surface area contributed by atoms with E-state index in [9.17, 15) is 19.5 Å². The molecule has 0 amide bonds. The summed E-state index contributed by atoms with van der Waals surface area (Å²) in [6, 6.07) is 15.2. The monoisotopic (exact) mass is 562 g/mol. The Balaban J connectivity index is 2.19. The Bertz CT molecular complexity index is 1430. The first-order chi connectivity index (χ1) is 19.6. The molecule has 9 heteroatoms. The molecule has 0 radical (unpaired) electrons. The van der Waals surface area contributed by atoms with Gasteiger partial charge in [-0.3, -0.25) is 9.59 Å². The van der Waals surface area contributed by atoms with E-state index in [4.69, 9.17) is 24.1 Å². The van der Waals surface area contributed by atoms with Crippen LogP contribution < -0.4 is 18.9 Å². The number of aryl methyl sites for hydroxylation is 2. The van der Waals surface area contributed by atoms with Crippen molar-refractivity contribution in [3.05, 3.63) is 88.0 Å². The van der Waals surface area contributed by atoms with E-state index in [1.54, 1.807) is 48.5 Å². The molecule has 2 N–H and O–H groups in total. The molecule has 0 saturated carbocycles. The zero-order valence-electron chi connectivity index (χ0n) is 23.8. The fraction of sp³-hybridized carbons (Fsp3) is 0.281. The molecule has 0 aliphatic heterocycles. The van der Waals surface area contributed by atoms with Gasteiger partial charge in [0.2, 0.25) is 5.75 Å². The zero-order chi connectivity index (χ0) is 30.1. The van der Waals surface area contributed by atoms with Gasteiger partial charge < -0.3 is 29.2 Å². The number of allylic oxidation sites excluding steroid dienone is 1. The lowest BCUT2D eigenvalue weighted by Crippen LogP contribution is -2.14. The van der Waals surface area contributed by atoms with Crippen LogP contribution in [0, 0.1) is 13.8 Å². The summed E-state index contributed by atoms with van der Waals surface area (Å²) < 4.78 is 22.0. The Morgan fingerprint density at radius 3 is 1.93 bits per heavy atom. The minimum atomic E-state index is -1.24. The van der Waals surface area contributed by atoms with Crippen LogP contribution in [0.4, 0.5) is 0 Å². The molecule has 0 aliphatic rings. The Morgan fingerprint density at radius 1 is 0.756 bits per heavy atom. The molecular formula is C32H34O9. The van der Waals surface area contributed by atoms with Crippen LogP contribution in [0.3, 0.4) is 0 Å². The number of aliphatic carboxylic acids is 2. The molecule has 216 valence electrons. The number of rotatable bonds is 14. The number of benzene rings is 3. The van der Waals surface area contributed by atoms with Gasteiger partial charge in [0.25, 0.3) is 0 Å². The maximum absolute atomic E-state index is 14.0. The molecule has 0 aromatic heterocycles. The highest BCUT2D eigenvalue weighted by atomic mass is 16.5. The van der Waals surface area contributed by atoms with Crippen LogP contribution in [0.15, 0.2) is 60.2 Å². The predicted molar refractivity (Wildman–Crippen MR) is 153 cm³/mol. The molecule has 3 rings (SSSR count). The summed E-state index contributed by atoms with van der Waals surface area (Å²) in [7, 11) is 4.42. The third-order valence-corrected chi connectivity index (χ3v) is 6.33. The maximum Gasteiger partial charge on any atom is 0.336 e. The summed E-state index contributed by atoms with van der Waals surface area (Å²) in [5, 5.41) is 19.4. The molecule has 0 fully saturated rings. The molecule has 41 heavy (non-hydrogen) atoms. The average Bonchev–Trinajstić information content (AvgIpc) is 2.93. The van der Waals surface area contributed by atoms with E-state index in [0.717, 1.165) is 11.1 Å². The number of methoxy groups -OCH3 is 3. The summed E-state index contributed by atoms with van der Waals surface area (Å²) in [4.78, 5) is 37.6. The van der Waals surface area contributed by atoms with Crippen molar-refractivity contribution in [1.29, 1.82) is 0 Å². The summed E-state index contributed by atoms with van der Waals surface area (Å²) in [5.41, 5.74) is 2.92. The van der Waals surface area contributed by atoms with Gasteiger partial charge in [-0.05, 0) is 67.8 Å². The van der Waals surface area contributed by atoms with Gasteiger partial charge in [0.05, 0.1) is 33.5 Å². The van der Waals surface area contributed by atoms with E-state index in [1.165, 1.54) is 21.3 Å². The topological polar surface area (TPSA) is 129 Å². The van der Waals surface area contributed by atoms with Crippen LogP contribution in [-0.4, -0.2) is 55.9 Å². The lowest BCUT2D eigenvalue weighted by atomic mass is 9.88. The summed E-state index contributed by atoms with van der Waals surface area (Å²) in [6.45, 7) is 3.83. The van der Waals surface area contributed by atoms with Gasteiger partial charge in [-0.15, -0.1) is 0 Å². The zero-order valence-corrected chi connectivity index (χ0v) is 23.8. The summed E-state index contributed by atoms with van der Waals surface area (Å²) in [6.07, 6.45) is 0.133. The Kier molecular flexibility index (Phi) is 10.5. The van der Waals surface area contributed by atoms with E-state index in [-0.39, 0.29) is 42.8 Å². The summed E-state index contributed by atoms with van der Waals surface area (Å²) in [5.74, 6) is -1.17. The van der Waals surface area contributed by atoms with E-state index in [0.29, 0.717) is 33.9 Å². The van der Waals surface area contributed by atoms with Crippen LogP contribution >= 0.6 is 0 Å². The second kappa shape index (κ2) is 14.0. The number of carbonyl (C=O) groups is 3. The molecule has 9 nitrogen and oxygen atoms in total. The fourth-order valence-corrected chi connectivity index (χ4v) is 4.55. The van der Waals surface area contributed by atoms with Crippen molar-refractivity contribution in [2.45, 2.75) is 33.1 Å². The molecule has 0 atom stereocenters. The second-order valence-electron chi connectivity index (χ2n) is 9.44. The molecule has 0 aliphatic carbocycles. The highest BCUT2D eigenvalue weighted by molar-refractivity contribution is 6.26. The molecule has 3 aromatic carbocycles. The number of ketones is 1. The van der Waals surface area contributed by atoms with E-state index in [2.05, 4.69) is 0 Å². The minimum Gasteiger partial charge on any atom is -0.497 e. The molecule has 0 bridgehead atoms. The lowest BCUT2D eigenvalue weighted by molar-refractivity contribution is -0.137. The quantitative estimate of drug-likeness (QED) is 0.148. The number of carboxylic acids is 2. The molecule has 0 unspecified atom stereocenters. The second-order valence-corrected chi connectivity index (χ2v) is 9.44. The van der Waals surface area contributed by atoms with Crippen LogP contribution in [0.5, 0.6) is 23.0 Å². The van der Waals surface area contributed by atoms with Gasteiger partial charge in [-0.1, -0.05) is 29.3 Å². The molecule has 0 saturated heterocycles. The largest absolute Gasteiger partial charge is 0.497 e. The highest BCUT2D eigenvalue weighted by Gasteiger charge is 2.25. The van der Waals surface area contributed by atoms with Gasteiger partial charge in [0.15, 0.2) is 17.3 Å². The van der Waals surface area contributed by atoms with Crippen LogP contribution in [0.25, 0.3) is 5.57 Å². The van der Waals surface area contributed by atoms with Crippen molar-refractivity contribution < 1.29 is 43.5 Å². The maximum atomic E-state index is 14.0. The lowest BCUT2D eigenvalue weighted by Gasteiger charge is -2.18. The van der Waals surface area contributed by atoms with E-state index < -0.39 is 17.7 Å². The fourth-order valence-electron chi connectivity index (χ4n) is 4.55. The van der Waals surface area contributed by atoms with Gasteiger partial charge in [-0.2, -0.15) is 0 Å². The number of ether oxygens (including phenoxy) is 4. The van der Waals surface area contributed by atoms with Crippen LogP contribution in [0.2, 0.25) is 0 Å². The average molecular weight is 563 g/mol. The number of hydrogen-bond donors (Lipinski definition) is 2. The smallest absolute Gasteiger partial charge is 0.336 e. The third-order valence-electron chi connectivity index (χ3n) is 6.33. The first-order valence-corrected chi connectivity index (χ1v) is 12.9. The standard InChI is InChI=1S/C32H34O9/c1-19-13-20(2)15-23(14-19)29(32(36)37)25(30(35)22-8-10-24(38-3)11-9-22)16-21-17-26(39-4)31(40-5)27(18-21)41-12-6-7-28(33)34/h8-11,13-15,17-18H,6-7,12,16H2,1-5H3,(H,33,34)(H,36,37). The minimum absolute atomic E-state index is 0.0642. The number of hydrogen-bond acceptors (Lipinski definition) is 7. The number of carbonyl (C=O) groups excluding carboxylic acids is 1. The SMILES string of the molecule is COc1ccc(C(=O)C(Cc2cc(OC)c(OC)c(OCCCC(=O)O)c2)=C(C(=O)O)c2cc(C)cc(C)c2)cc1. The van der Waals surface area contributed by atoms with Gasteiger partial charge in [0.1, 0.15) is 5.75 Å². The highest BCUT2D eigenvalue weighted by Crippen LogP contribution is 2.40. The first-order valence-electron chi connectivity index (χ1n) is 12.9. The van der Waals surface area contributed by atoms with Crippen LogP contribution in [0.1, 0.15) is 45.5 Å².